The molecule has 3 N–H and O–H groups in total. The molecule has 108 valence electrons. The van der Waals surface area contributed by atoms with E-state index in [0.717, 1.165) is 12.0 Å². The van der Waals surface area contributed by atoms with Crippen LogP contribution in [0.5, 0.6) is 0 Å². The molecule has 1 rings (SSSR count). The van der Waals surface area contributed by atoms with E-state index >= 15 is 0 Å². The van der Waals surface area contributed by atoms with Crippen molar-refractivity contribution in [3.05, 3.63) is 22.7 Å². The number of aryl methyl sites for hydroxylation is 1. The van der Waals surface area contributed by atoms with Gasteiger partial charge < -0.3 is 5.73 Å². The number of rotatable bonds is 6. The monoisotopic (exact) mass is 322 g/mol. The molecule has 0 fully saturated rings. The molecule has 1 unspecified atom stereocenters. The minimum Gasteiger partial charge on any atom is -0.398 e. The lowest BCUT2D eigenvalue weighted by molar-refractivity contribution is 0.558. The summed E-state index contributed by atoms with van der Waals surface area (Å²) in [5.41, 5.74) is 6.94. The van der Waals surface area contributed by atoms with Crippen LogP contribution in [0.15, 0.2) is 17.0 Å². The topological polar surface area (TPSA) is 72.2 Å². The minimum absolute atomic E-state index is 0.0387. The number of halogens is 1. The average Bonchev–Trinajstić information content (AvgIpc) is 2.32. The van der Waals surface area contributed by atoms with Gasteiger partial charge in [-0.05, 0) is 37.3 Å². The summed E-state index contributed by atoms with van der Waals surface area (Å²) in [6, 6.07) is 2.87. The number of nitrogens with one attached hydrogen (secondary N) is 1. The van der Waals surface area contributed by atoms with Crippen molar-refractivity contribution in [3.8, 4) is 0 Å². The van der Waals surface area contributed by atoms with Gasteiger partial charge in [0.1, 0.15) is 4.90 Å². The summed E-state index contributed by atoms with van der Waals surface area (Å²) in [4.78, 5) is 0.0387. The zero-order valence-electron chi connectivity index (χ0n) is 11.2. The fraction of sp³-hybridized carbons (Fsp3) is 0.500. The van der Waals surface area contributed by atoms with Crippen LogP contribution in [0.1, 0.15) is 18.9 Å². The molecule has 0 aliphatic heterocycles. The lowest BCUT2D eigenvalue weighted by Crippen LogP contribution is -2.36. The first kappa shape index (κ1) is 16.6. The Balaban J connectivity index is 3.10. The first-order valence-corrected chi connectivity index (χ1v) is 9.14. The van der Waals surface area contributed by atoms with Crippen LogP contribution in [0.25, 0.3) is 0 Å². The molecule has 0 aromatic heterocycles. The molecule has 0 radical (unpaired) electrons. The number of hydrogen-bond donors (Lipinski definition) is 2. The normalized spacial score (nSPS) is 13.5. The molecule has 19 heavy (non-hydrogen) atoms. The van der Waals surface area contributed by atoms with Gasteiger partial charge in [0, 0.05) is 17.5 Å². The summed E-state index contributed by atoms with van der Waals surface area (Å²) in [6.45, 7) is 3.72. The second-order valence-electron chi connectivity index (χ2n) is 4.32. The van der Waals surface area contributed by atoms with Gasteiger partial charge in [-0.25, -0.2) is 13.1 Å². The Bertz CT molecular complexity index is 547. The predicted molar refractivity (Wildman–Crippen MR) is 83.4 cm³/mol. The Morgan fingerprint density at radius 2 is 2.11 bits per heavy atom. The zero-order chi connectivity index (χ0) is 14.6. The third-order valence-electron chi connectivity index (χ3n) is 2.79. The van der Waals surface area contributed by atoms with Gasteiger partial charge in [0.25, 0.3) is 0 Å². The molecule has 0 aliphatic carbocycles. The van der Waals surface area contributed by atoms with Crippen molar-refractivity contribution < 1.29 is 8.42 Å². The lowest BCUT2D eigenvalue weighted by atomic mass is 10.2. The molecule has 1 aromatic carbocycles. The number of anilines is 1. The van der Waals surface area contributed by atoms with Crippen LogP contribution in [0.3, 0.4) is 0 Å². The van der Waals surface area contributed by atoms with Gasteiger partial charge in [-0.1, -0.05) is 18.5 Å². The molecule has 7 heteroatoms. The van der Waals surface area contributed by atoms with Crippen LogP contribution in [-0.4, -0.2) is 26.5 Å². The number of benzene rings is 1. The van der Waals surface area contributed by atoms with E-state index in [9.17, 15) is 8.42 Å². The van der Waals surface area contributed by atoms with E-state index in [4.69, 9.17) is 17.3 Å². The minimum atomic E-state index is -3.64. The van der Waals surface area contributed by atoms with Crippen molar-refractivity contribution in [1.82, 2.24) is 4.72 Å². The summed E-state index contributed by atoms with van der Waals surface area (Å²) in [5.74, 6) is 0.717. The maximum atomic E-state index is 12.3. The smallest absolute Gasteiger partial charge is 0.242 e. The molecular formula is C12H19ClN2O2S2. The third kappa shape index (κ3) is 4.27. The Kier molecular flexibility index (Phi) is 5.98. The van der Waals surface area contributed by atoms with Gasteiger partial charge in [0.05, 0.1) is 5.02 Å². The summed E-state index contributed by atoms with van der Waals surface area (Å²) >= 11 is 7.61. The van der Waals surface area contributed by atoms with E-state index in [0.29, 0.717) is 11.4 Å². The average molecular weight is 323 g/mol. The van der Waals surface area contributed by atoms with Crippen LogP contribution < -0.4 is 10.5 Å². The Morgan fingerprint density at radius 1 is 1.47 bits per heavy atom. The van der Waals surface area contributed by atoms with Crippen molar-refractivity contribution in [1.29, 1.82) is 0 Å². The van der Waals surface area contributed by atoms with Crippen molar-refractivity contribution >= 4 is 39.1 Å². The number of sulfonamides is 1. The van der Waals surface area contributed by atoms with E-state index in [-0.39, 0.29) is 16.0 Å². The maximum Gasteiger partial charge on any atom is 0.242 e. The van der Waals surface area contributed by atoms with E-state index < -0.39 is 10.0 Å². The molecule has 1 atom stereocenters. The highest BCUT2D eigenvalue weighted by molar-refractivity contribution is 7.98. The van der Waals surface area contributed by atoms with Gasteiger partial charge >= 0.3 is 0 Å². The van der Waals surface area contributed by atoms with E-state index in [1.165, 1.54) is 6.07 Å². The molecule has 0 bridgehead atoms. The first-order valence-electron chi connectivity index (χ1n) is 5.88. The van der Waals surface area contributed by atoms with Gasteiger partial charge in [0.15, 0.2) is 0 Å². The quantitative estimate of drug-likeness (QED) is 0.790. The molecular weight excluding hydrogens is 304 g/mol. The van der Waals surface area contributed by atoms with E-state index in [1.54, 1.807) is 24.8 Å². The number of nitrogen functional groups attached to an aromatic ring is 1. The van der Waals surface area contributed by atoms with Crippen LogP contribution in [0.2, 0.25) is 5.02 Å². The molecule has 1 aromatic rings. The highest BCUT2D eigenvalue weighted by Crippen LogP contribution is 2.27. The molecule has 0 saturated heterocycles. The Labute approximate surface area is 124 Å². The highest BCUT2D eigenvalue weighted by Gasteiger charge is 2.22. The largest absolute Gasteiger partial charge is 0.398 e. The molecule has 0 amide bonds. The van der Waals surface area contributed by atoms with Crippen LogP contribution >= 0.6 is 23.4 Å². The third-order valence-corrected chi connectivity index (χ3v) is 5.51. The van der Waals surface area contributed by atoms with Crippen molar-refractivity contribution in [3.63, 3.8) is 0 Å². The second kappa shape index (κ2) is 6.83. The second-order valence-corrected chi connectivity index (χ2v) is 7.32. The Hall–Kier alpha value is -0.430. The van der Waals surface area contributed by atoms with E-state index in [1.807, 2.05) is 13.2 Å². The van der Waals surface area contributed by atoms with Gasteiger partial charge in [-0.15, -0.1) is 0 Å². The van der Waals surface area contributed by atoms with Crippen LogP contribution in [0, 0.1) is 6.92 Å². The molecule has 0 saturated carbocycles. The molecule has 0 spiro atoms. The van der Waals surface area contributed by atoms with Crippen molar-refractivity contribution in [2.24, 2.45) is 0 Å². The van der Waals surface area contributed by atoms with Crippen LogP contribution in [0.4, 0.5) is 5.69 Å². The summed E-state index contributed by atoms with van der Waals surface area (Å²) in [5, 5.41) is 0.193. The van der Waals surface area contributed by atoms with Gasteiger partial charge in [-0.3, -0.25) is 0 Å². The number of nitrogens with two attached hydrogens (primary N) is 1. The van der Waals surface area contributed by atoms with Crippen molar-refractivity contribution in [2.75, 3.05) is 17.7 Å². The fourth-order valence-electron chi connectivity index (χ4n) is 1.59. The SMILES string of the molecule is CCC(CSC)NS(=O)(=O)c1cc(N)c(C)cc1Cl. The zero-order valence-corrected chi connectivity index (χ0v) is 13.6. The summed E-state index contributed by atoms with van der Waals surface area (Å²) in [7, 11) is -3.64. The summed E-state index contributed by atoms with van der Waals surface area (Å²) < 4.78 is 27.3. The van der Waals surface area contributed by atoms with Crippen LogP contribution in [-0.2, 0) is 10.0 Å². The molecule has 0 heterocycles. The van der Waals surface area contributed by atoms with Gasteiger partial charge in [-0.2, -0.15) is 11.8 Å². The number of hydrogen-bond acceptors (Lipinski definition) is 4. The Morgan fingerprint density at radius 3 is 2.63 bits per heavy atom. The highest BCUT2D eigenvalue weighted by atomic mass is 35.5. The fourth-order valence-corrected chi connectivity index (χ4v) is 4.36. The van der Waals surface area contributed by atoms with E-state index in [2.05, 4.69) is 4.72 Å². The maximum absolute atomic E-state index is 12.3. The first-order chi connectivity index (χ1) is 8.81. The standard InChI is InChI=1S/C12H19ClN2O2S2/c1-4-9(7-18-3)15-19(16,17)12-6-11(14)8(2)5-10(12)13/h5-6,9,15H,4,7,14H2,1-3H3. The molecule has 4 nitrogen and oxygen atoms in total. The predicted octanol–water partition coefficient (Wildman–Crippen LogP) is 2.65. The lowest BCUT2D eigenvalue weighted by Gasteiger charge is -2.17. The molecule has 0 aliphatic rings. The number of thioether (sulfide) groups is 1. The van der Waals surface area contributed by atoms with Crippen molar-refractivity contribution in [2.45, 2.75) is 31.2 Å². The van der Waals surface area contributed by atoms with Gasteiger partial charge in [0.2, 0.25) is 10.0 Å². The summed E-state index contributed by atoms with van der Waals surface area (Å²) in [6.07, 6.45) is 2.66.